The lowest BCUT2D eigenvalue weighted by atomic mass is 10.2. The number of anilines is 2. The van der Waals surface area contributed by atoms with Gasteiger partial charge in [-0.2, -0.15) is 0 Å². The summed E-state index contributed by atoms with van der Waals surface area (Å²) in [6.07, 6.45) is 0. The first-order valence-corrected chi connectivity index (χ1v) is 6.67. The fourth-order valence-corrected chi connectivity index (χ4v) is 2.52. The smallest absolute Gasteiger partial charge is 0.323 e. The molecule has 0 saturated heterocycles. The molecule has 6 nitrogen and oxygen atoms in total. The minimum atomic E-state index is -1.11. The highest BCUT2D eigenvalue weighted by molar-refractivity contribution is 7.12. The van der Waals surface area contributed by atoms with Gasteiger partial charge in [-0.3, -0.25) is 14.5 Å². The van der Waals surface area contributed by atoms with Crippen LogP contribution in [0.3, 0.4) is 0 Å². The summed E-state index contributed by atoms with van der Waals surface area (Å²) in [5.41, 5.74) is 8.69. The van der Waals surface area contributed by atoms with Crippen LogP contribution in [-0.2, 0) is 4.79 Å². The van der Waals surface area contributed by atoms with Crippen LogP contribution in [0.15, 0.2) is 29.8 Å². The number of benzene rings is 1. The van der Waals surface area contributed by atoms with Gasteiger partial charge in [-0.1, -0.05) is 12.1 Å². The lowest BCUT2D eigenvalue weighted by Crippen LogP contribution is -2.36. The van der Waals surface area contributed by atoms with Crippen LogP contribution < -0.4 is 10.6 Å². The van der Waals surface area contributed by atoms with Crippen LogP contribution >= 0.6 is 11.3 Å². The highest BCUT2D eigenvalue weighted by atomic mass is 32.1. The molecule has 0 aliphatic rings. The number of carbonyl (C=O) groups excluding carboxylic acids is 1. The van der Waals surface area contributed by atoms with Gasteiger partial charge >= 0.3 is 5.97 Å². The molecule has 0 radical (unpaired) electrons. The molecule has 0 aliphatic heterocycles. The summed E-state index contributed by atoms with van der Waals surface area (Å²) in [5, 5.41) is 9.00. The number of hydrogen-bond donors (Lipinski definition) is 2. The molecule has 2 aromatic rings. The zero-order chi connectivity index (χ0) is 14.7. The third kappa shape index (κ3) is 2.77. The summed E-state index contributed by atoms with van der Waals surface area (Å²) < 4.78 is 0. The number of carbonyl (C=O) groups is 2. The van der Waals surface area contributed by atoms with E-state index in [0.717, 1.165) is 4.90 Å². The molecular formula is C13H13N3O3S. The summed E-state index contributed by atoms with van der Waals surface area (Å²) >= 11 is 1.18. The summed E-state index contributed by atoms with van der Waals surface area (Å²) in [4.78, 5) is 29.1. The Morgan fingerprint density at radius 2 is 2.10 bits per heavy atom. The van der Waals surface area contributed by atoms with E-state index in [0.29, 0.717) is 21.9 Å². The van der Waals surface area contributed by atoms with Gasteiger partial charge in [0.2, 0.25) is 0 Å². The Kier molecular flexibility index (Phi) is 3.99. The molecule has 7 heteroatoms. The number of aryl methyl sites for hydroxylation is 1. The van der Waals surface area contributed by atoms with E-state index in [4.69, 9.17) is 10.8 Å². The number of aromatic nitrogens is 1. The zero-order valence-electron chi connectivity index (χ0n) is 10.7. The van der Waals surface area contributed by atoms with Crippen LogP contribution in [0.4, 0.5) is 11.4 Å². The fraction of sp³-hybridized carbons (Fsp3) is 0.154. The number of thiazole rings is 1. The number of aliphatic carboxylic acids is 1. The van der Waals surface area contributed by atoms with Crippen molar-refractivity contribution in [1.82, 2.24) is 4.98 Å². The van der Waals surface area contributed by atoms with E-state index in [1.807, 2.05) is 0 Å². The van der Waals surface area contributed by atoms with Crippen molar-refractivity contribution in [3.8, 4) is 0 Å². The molecule has 1 heterocycles. The predicted octanol–water partition coefficient (Wildman–Crippen LogP) is 1.77. The summed E-state index contributed by atoms with van der Waals surface area (Å²) in [6.45, 7) is 1.25. The predicted molar refractivity (Wildman–Crippen MR) is 77.0 cm³/mol. The monoisotopic (exact) mass is 291 g/mol. The first-order chi connectivity index (χ1) is 9.50. The van der Waals surface area contributed by atoms with Crippen LogP contribution in [0.25, 0.3) is 0 Å². The Morgan fingerprint density at radius 1 is 1.40 bits per heavy atom. The molecule has 0 fully saturated rings. The molecule has 2 rings (SSSR count). The van der Waals surface area contributed by atoms with Crippen molar-refractivity contribution in [2.45, 2.75) is 6.92 Å². The Balaban J connectivity index is 2.43. The number of nitrogens with zero attached hydrogens (tertiary/aromatic N) is 2. The van der Waals surface area contributed by atoms with Crippen molar-refractivity contribution >= 4 is 34.6 Å². The Hall–Kier alpha value is -2.41. The standard InChI is InChI=1S/C13H13N3O3S/c1-8-12(20-7-15-8)13(19)16(6-11(17)18)10-5-3-2-4-9(10)14/h2-5,7H,6,14H2,1H3,(H,17,18). The first-order valence-electron chi connectivity index (χ1n) is 5.79. The maximum absolute atomic E-state index is 12.5. The maximum atomic E-state index is 12.5. The van der Waals surface area contributed by atoms with Crippen molar-refractivity contribution in [3.05, 3.63) is 40.3 Å². The molecule has 1 amide bonds. The number of nitrogen functional groups attached to an aromatic ring is 1. The number of nitrogens with two attached hydrogens (primary N) is 1. The molecule has 3 N–H and O–H groups in total. The van der Waals surface area contributed by atoms with Crippen LogP contribution in [-0.4, -0.2) is 28.5 Å². The Bertz CT molecular complexity index is 654. The molecule has 1 aromatic carbocycles. The van der Waals surface area contributed by atoms with Crippen molar-refractivity contribution < 1.29 is 14.7 Å². The van der Waals surface area contributed by atoms with Gasteiger partial charge in [-0.15, -0.1) is 11.3 Å². The summed E-state index contributed by atoms with van der Waals surface area (Å²) in [7, 11) is 0. The average Bonchev–Trinajstić information content (AvgIpc) is 2.82. The van der Waals surface area contributed by atoms with E-state index in [-0.39, 0.29) is 0 Å². The number of carboxylic acid groups (broad SMARTS) is 1. The molecule has 0 spiro atoms. The molecule has 0 bridgehead atoms. The van der Waals surface area contributed by atoms with Crippen LogP contribution in [0.2, 0.25) is 0 Å². The lowest BCUT2D eigenvalue weighted by molar-refractivity contribution is -0.135. The minimum absolute atomic E-state index is 0.351. The second-order valence-electron chi connectivity index (χ2n) is 4.11. The van der Waals surface area contributed by atoms with E-state index < -0.39 is 18.4 Å². The number of para-hydroxylation sites is 2. The summed E-state index contributed by atoms with van der Waals surface area (Å²) in [6, 6.07) is 6.66. The van der Waals surface area contributed by atoms with Crippen LogP contribution in [0.5, 0.6) is 0 Å². The molecule has 104 valence electrons. The number of amides is 1. The molecule has 0 saturated carbocycles. The second-order valence-corrected chi connectivity index (χ2v) is 4.97. The molecule has 0 unspecified atom stereocenters. The number of hydrogen-bond acceptors (Lipinski definition) is 5. The molecule has 0 atom stereocenters. The van der Waals surface area contributed by atoms with Crippen molar-refractivity contribution in [1.29, 1.82) is 0 Å². The SMILES string of the molecule is Cc1ncsc1C(=O)N(CC(=O)O)c1ccccc1N. The summed E-state index contributed by atoms with van der Waals surface area (Å²) in [5.74, 6) is -1.52. The van der Waals surface area contributed by atoms with E-state index in [1.165, 1.54) is 11.3 Å². The highest BCUT2D eigenvalue weighted by Crippen LogP contribution is 2.26. The first kappa shape index (κ1) is 14.0. The highest BCUT2D eigenvalue weighted by Gasteiger charge is 2.24. The Morgan fingerprint density at radius 3 is 2.65 bits per heavy atom. The zero-order valence-corrected chi connectivity index (χ0v) is 11.6. The van der Waals surface area contributed by atoms with Gasteiger partial charge in [0.1, 0.15) is 11.4 Å². The number of carboxylic acids is 1. The maximum Gasteiger partial charge on any atom is 0.323 e. The van der Waals surface area contributed by atoms with Gasteiger partial charge in [0.25, 0.3) is 5.91 Å². The van der Waals surface area contributed by atoms with E-state index in [9.17, 15) is 9.59 Å². The minimum Gasteiger partial charge on any atom is -0.480 e. The quantitative estimate of drug-likeness (QED) is 0.837. The topological polar surface area (TPSA) is 96.5 Å². The van der Waals surface area contributed by atoms with Crippen molar-refractivity contribution in [3.63, 3.8) is 0 Å². The van der Waals surface area contributed by atoms with Crippen LogP contribution in [0, 0.1) is 6.92 Å². The van der Waals surface area contributed by atoms with Gasteiger partial charge < -0.3 is 10.8 Å². The van der Waals surface area contributed by atoms with Gasteiger partial charge in [0.05, 0.1) is 22.6 Å². The van der Waals surface area contributed by atoms with Crippen molar-refractivity contribution in [2.75, 3.05) is 17.2 Å². The van der Waals surface area contributed by atoms with Crippen LogP contribution in [0.1, 0.15) is 15.4 Å². The number of rotatable bonds is 4. The Labute approximate surface area is 119 Å². The van der Waals surface area contributed by atoms with Gasteiger partial charge in [0.15, 0.2) is 0 Å². The lowest BCUT2D eigenvalue weighted by Gasteiger charge is -2.21. The molecule has 1 aromatic heterocycles. The van der Waals surface area contributed by atoms with Gasteiger partial charge in [-0.05, 0) is 19.1 Å². The van der Waals surface area contributed by atoms with Gasteiger partial charge in [0, 0.05) is 0 Å². The third-order valence-corrected chi connectivity index (χ3v) is 3.62. The average molecular weight is 291 g/mol. The van der Waals surface area contributed by atoms with Gasteiger partial charge in [-0.25, -0.2) is 4.98 Å². The van der Waals surface area contributed by atoms with E-state index in [2.05, 4.69) is 4.98 Å². The normalized spacial score (nSPS) is 10.2. The van der Waals surface area contributed by atoms with E-state index >= 15 is 0 Å². The third-order valence-electron chi connectivity index (χ3n) is 2.71. The fourth-order valence-electron chi connectivity index (χ4n) is 1.76. The molecule has 0 aliphatic carbocycles. The molecular weight excluding hydrogens is 278 g/mol. The molecule has 20 heavy (non-hydrogen) atoms. The largest absolute Gasteiger partial charge is 0.480 e. The van der Waals surface area contributed by atoms with E-state index in [1.54, 1.807) is 36.7 Å². The van der Waals surface area contributed by atoms with Crippen molar-refractivity contribution in [2.24, 2.45) is 0 Å². The second kappa shape index (κ2) is 5.70.